The number of halogens is 1. The summed E-state index contributed by atoms with van der Waals surface area (Å²) in [5.41, 5.74) is 0. The number of carboxylic acid groups (broad SMARTS) is 1. The largest absolute Gasteiger partial charge is 0.481 e. The number of pyridine rings is 1. The highest BCUT2D eigenvalue weighted by molar-refractivity contribution is 6.30. The molecule has 1 aromatic rings. The van der Waals surface area contributed by atoms with Crippen LogP contribution >= 0.6 is 11.6 Å². The molecule has 0 amide bonds. The van der Waals surface area contributed by atoms with Gasteiger partial charge in [-0.1, -0.05) is 18.5 Å². The summed E-state index contributed by atoms with van der Waals surface area (Å²) in [6.07, 6.45) is 1.46. The van der Waals surface area contributed by atoms with E-state index < -0.39 is 11.9 Å². The van der Waals surface area contributed by atoms with E-state index in [4.69, 9.17) is 22.0 Å². The number of carboxylic acids is 1. The third-order valence-corrected chi connectivity index (χ3v) is 2.44. The Kier molecular flexibility index (Phi) is 4.73. The molecule has 0 aliphatic heterocycles. The zero-order chi connectivity index (χ0) is 12.8. The summed E-state index contributed by atoms with van der Waals surface area (Å²) in [7, 11) is 0. The highest BCUT2D eigenvalue weighted by atomic mass is 35.5. The summed E-state index contributed by atoms with van der Waals surface area (Å²) in [6.45, 7) is 1.91. The average molecular weight is 254 g/mol. The molecule has 90 valence electrons. The minimum absolute atomic E-state index is 0.0895. The maximum atomic E-state index is 10.8. The maximum Gasteiger partial charge on any atom is 0.308 e. The fraction of sp³-hybridized carbons (Fsp3) is 0.364. The first-order valence-electron chi connectivity index (χ1n) is 5.01. The number of aliphatic carboxylic acids is 1. The number of nitriles is 1. The molecular formula is C11H12ClN3O2. The van der Waals surface area contributed by atoms with Gasteiger partial charge in [-0.05, 0) is 12.1 Å². The first-order chi connectivity index (χ1) is 8.04. The lowest BCUT2D eigenvalue weighted by molar-refractivity contribution is -0.140. The minimum Gasteiger partial charge on any atom is -0.481 e. The number of rotatable bonds is 5. The van der Waals surface area contributed by atoms with Gasteiger partial charge in [0.15, 0.2) is 0 Å². The second-order valence-electron chi connectivity index (χ2n) is 3.61. The van der Waals surface area contributed by atoms with Gasteiger partial charge >= 0.3 is 5.97 Å². The molecule has 0 radical (unpaired) electrons. The predicted molar refractivity (Wildman–Crippen MR) is 63.9 cm³/mol. The van der Waals surface area contributed by atoms with Crippen molar-refractivity contribution < 1.29 is 9.90 Å². The van der Waals surface area contributed by atoms with Gasteiger partial charge in [0.25, 0.3) is 0 Å². The third-order valence-electron chi connectivity index (χ3n) is 2.21. The van der Waals surface area contributed by atoms with E-state index in [9.17, 15) is 4.79 Å². The fourth-order valence-electron chi connectivity index (χ4n) is 1.29. The molecule has 0 fully saturated rings. The van der Waals surface area contributed by atoms with Crippen molar-refractivity contribution in [3.63, 3.8) is 0 Å². The van der Waals surface area contributed by atoms with E-state index in [1.165, 1.54) is 6.20 Å². The Hall–Kier alpha value is -1.80. The van der Waals surface area contributed by atoms with E-state index in [0.717, 1.165) is 0 Å². The van der Waals surface area contributed by atoms with Crippen LogP contribution in [0, 0.1) is 17.2 Å². The molecule has 1 N–H and O–H groups in total. The molecule has 0 aliphatic rings. The molecule has 0 aliphatic carbocycles. The van der Waals surface area contributed by atoms with Crippen LogP contribution in [0.1, 0.15) is 6.92 Å². The maximum absolute atomic E-state index is 10.8. The monoisotopic (exact) mass is 253 g/mol. The number of hydrogen-bond acceptors (Lipinski definition) is 4. The van der Waals surface area contributed by atoms with Crippen molar-refractivity contribution in [2.24, 2.45) is 5.92 Å². The highest BCUT2D eigenvalue weighted by Gasteiger charge is 2.17. The lowest BCUT2D eigenvalue weighted by atomic mass is 10.1. The van der Waals surface area contributed by atoms with Crippen LogP contribution in [-0.2, 0) is 4.79 Å². The van der Waals surface area contributed by atoms with E-state index in [1.54, 1.807) is 24.0 Å². The van der Waals surface area contributed by atoms with Crippen LogP contribution in [0.3, 0.4) is 0 Å². The van der Waals surface area contributed by atoms with Crippen molar-refractivity contribution in [2.75, 3.05) is 18.0 Å². The van der Waals surface area contributed by atoms with E-state index in [2.05, 4.69) is 4.98 Å². The number of carbonyl (C=O) groups is 1. The Labute approximate surface area is 104 Å². The van der Waals surface area contributed by atoms with Gasteiger partial charge in [0.1, 0.15) is 12.4 Å². The summed E-state index contributed by atoms with van der Waals surface area (Å²) >= 11 is 5.71. The molecule has 6 heteroatoms. The molecule has 0 aromatic carbocycles. The van der Waals surface area contributed by atoms with Gasteiger partial charge in [-0.3, -0.25) is 4.79 Å². The fourth-order valence-corrected chi connectivity index (χ4v) is 1.40. The van der Waals surface area contributed by atoms with E-state index in [-0.39, 0.29) is 13.1 Å². The zero-order valence-electron chi connectivity index (χ0n) is 9.30. The minimum atomic E-state index is -0.901. The Balaban J connectivity index is 2.82. The van der Waals surface area contributed by atoms with Gasteiger partial charge in [-0.2, -0.15) is 5.26 Å². The van der Waals surface area contributed by atoms with Crippen molar-refractivity contribution in [3.8, 4) is 6.07 Å². The SMILES string of the molecule is CC(CN(CC#N)c1ccc(Cl)cn1)C(=O)O. The van der Waals surface area contributed by atoms with Crippen LogP contribution in [0.2, 0.25) is 5.02 Å². The molecule has 1 rings (SSSR count). The molecule has 0 saturated carbocycles. The second-order valence-corrected chi connectivity index (χ2v) is 4.05. The number of anilines is 1. The third kappa shape index (κ3) is 3.93. The summed E-state index contributed by atoms with van der Waals surface area (Å²) in [6, 6.07) is 5.30. The van der Waals surface area contributed by atoms with Crippen LogP contribution < -0.4 is 4.90 Å². The Morgan fingerprint density at radius 1 is 1.71 bits per heavy atom. The normalized spacial score (nSPS) is 11.6. The van der Waals surface area contributed by atoms with Gasteiger partial charge in [0.2, 0.25) is 0 Å². The van der Waals surface area contributed by atoms with Gasteiger partial charge < -0.3 is 10.0 Å². The van der Waals surface area contributed by atoms with Crippen LogP contribution in [0.5, 0.6) is 0 Å². The van der Waals surface area contributed by atoms with Gasteiger partial charge in [-0.25, -0.2) is 4.98 Å². The van der Waals surface area contributed by atoms with Crippen LogP contribution in [0.25, 0.3) is 0 Å². The lowest BCUT2D eigenvalue weighted by Crippen LogP contribution is -2.32. The van der Waals surface area contributed by atoms with Crippen molar-refractivity contribution in [1.82, 2.24) is 4.98 Å². The van der Waals surface area contributed by atoms with Gasteiger partial charge in [0, 0.05) is 12.7 Å². The Morgan fingerprint density at radius 3 is 2.88 bits per heavy atom. The number of aromatic nitrogens is 1. The van der Waals surface area contributed by atoms with Crippen molar-refractivity contribution >= 4 is 23.4 Å². The van der Waals surface area contributed by atoms with Crippen LogP contribution in [0.4, 0.5) is 5.82 Å². The molecule has 0 saturated heterocycles. The molecule has 1 unspecified atom stereocenters. The van der Waals surface area contributed by atoms with E-state index in [1.807, 2.05) is 6.07 Å². The van der Waals surface area contributed by atoms with Crippen molar-refractivity contribution in [1.29, 1.82) is 5.26 Å². The molecule has 17 heavy (non-hydrogen) atoms. The molecule has 5 nitrogen and oxygen atoms in total. The molecule has 1 heterocycles. The zero-order valence-corrected chi connectivity index (χ0v) is 10.1. The van der Waals surface area contributed by atoms with E-state index in [0.29, 0.717) is 10.8 Å². The molecule has 0 bridgehead atoms. The molecule has 1 aromatic heterocycles. The number of nitrogens with zero attached hydrogens (tertiary/aromatic N) is 3. The molecule has 1 atom stereocenters. The molecular weight excluding hydrogens is 242 g/mol. The Morgan fingerprint density at radius 2 is 2.41 bits per heavy atom. The summed E-state index contributed by atoms with van der Waals surface area (Å²) < 4.78 is 0. The summed E-state index contributed by atoms with van der Waals surface area (Å²) in [5, 5.41) is 18.0. The first-order valence-corrected chi connectivity index (χ1v) is 5.38. The number of hydrogen-bond donors (Lipinski definition) is 1. The van der Waals surface area contributed by atoms with Crippen LogP contribution in [-0.4, -0.2) is 29.1 Å². The van der Waals surface area contributed by atoms with Gasteiger partial charge in [0.05, 0.1) is 17.0 Å². The van der Waals surface area contributed by atoms with Gasteiger partial charge in [-0.15, -0.1) is 0 Å². The smallest absolute Gasteiger partial charge is 0.308 e. The van der Waals surface area contributed by atoms with E-state index >= 15 is 0 Å². The molecule has 0 spiro atoms. The van der Waals surface area contributed by atoms with Crippen molar-refractivity contribution in [3.05, 3.63) is 23.4 Å². The first kappa shape index (κ1) is 13.3. The van der Waals surface area contributed by atoms with Crippen LogP contribution in [0.15, 0.2) is 18.3 Å². The summed E-state index contributed by atoms with van der Waals surface area (Å²) in [5.74, 6) is -0.924. The average Bonchev–Trinajstić information content (AvgIpc) is 2.29. The topological polar surface area (TPSA) is 77.2 Å². The predicted octanol–water partition coefficient (Wildman–Crippen LogP) is 1.79. The quantitative estimate of drug-likeness (QED) is 0.810. The standard InChI is InChI=1S/C11H12ClN3O2/c1-8(11(16)17)7-15(5-4-13)10-3-2-9(12)6-14-10/h2-3,6,8H,5,7H2,1H3,(H,16,17). The highest BCUT2D eigenvalue weighted by Crippen LogP contribution is 2.15. The second kappa shape index (κ2) is 6.06. The van der Waals surface area contributed by atoms with Crippen molar-refractivity contribution in [2.45, 2.75) is 6.92 Å². The Bertz CT molecular complexity index is 427. The lowest BCUT2D eigenvalue weighted by Gasteiger charge is -2.22. The summed E-state index contributed by atoms with van der Waals surface area (Å²) in [4.78, 5) is 16.4.